The Labute approximate surface area is 710 Å². The zero-order valence-corrected chi connectivity index (χ0v) is 70.2. The van der Waals surface area contributed by atoms with Crippen LogP contribution >= 0.6 is 0 Å². The number of rotatable bonds is 55. The molecule has 0 aromatic rings. The Hall–Kier alpha value is -10.5. The molecule has 5 aliphatic rings. The topological polar surface area (TPSA) is 611 Å². The number of imide groups is 5. The molecule has 0 saturated carbocycles. The molecule has 0 radical (unpaired) electrons. The van der Waals surface area contributed by atoms with Crippen LogP contribution < -0.4 is 49.5 Å². The van der Waals surface area contributed by atoms with Gasteiger partial charge in [0.25, 0.3) is 0 Å². The standard InChI is InChI=1S/C19H29N3O6.C18H30N4O7.C15H23N3O5.C14H23N3O5.C13H19NO5.CH4/c1-3-8-21-18(26)16(20)7-6-15(24)12-28-9-4-5-14(23)11-22-17(25)10-13(2)19(22)27;1-13-12-16(25)22(18(13)27)6-10-28-9-5-21-17(26)14(19)2-3-15(24)20-4-8-29-11-7-23;1-3-6-17-14(21)11(16)4-5-13(20)23-8-7-18-12(19)9-10(2)15(18)22;1-10-9-12(19)17(14(10)21)5-8-22-7-4-16-13(20)11(15)3-2-6-18;1-9(8-15)3-4-12(17)19-6-5-14-11(16)7-10(2)13(14)18;/h3,13,16H,1,4-12,20H2,2H3,(H,21,26);7,13-14H,2-6,8-12,19H2,1H3,(H,20,24)(H,21,26);3,10-11H,1,4-9,16H2,2H3,(H,17,21);6,10-11H,2-5,7-9,15H2,1H3,(H,16,20);8-10H,3-7H2,1-2H3;1H4. The monoisotopic (exact) mass is 1730 g/mol. The number of amides is 15. The Balaban J connectivity index is 0.00000151. The minimum atomic E-state index is -0.826. The number of nitrogens with zero attached hydrogens (tertiary/aromatic N) is 5. The second kappa shape index (κ2) is 63.5. The number of carbonyl (C=O) groups excluding carboxylic acids is 22. The van der Waals surface area contributed by atoms with Crippen LogP contribution in [0.5, 0.6) is 0 Å². The van der Waals surface area contributed by atoms with E-state index in [1.165, 1.54) is 22.0 Å². The zero-order valence-electron chi connectivity index (χ0n) is 70.2. The number of carbonyl (C=O) groups is 22. The molecule has 10 unspecified atom stereocenters. The highest BCUT2D eigenvalue weighted by Crippen LogP contribution is 2.23. The van der Waals surface area contributed by atoms with Gasteiger partial charge in [0.2, 0.25) is 88.6 Å². The second-order valence-corrected chi connectivity index (χ2v) is 29.0. The predicted octanol–water partition coefficient (Wildman–Crippen LogP) is -2.99. The van der Waals surface area contributed by atoms with Crippen molar-refractivity contribution in [2.24, 2.45) is 58.4 Å². The smallest absolute Gasteiger partial charge is 0.305 e. The van der Waals surface area contributed by atoms with E-state index in [9.17, 15) is 105 Å². The molecule has 5 aliphatic heterocycles. The van der Waals surface area contributed by atoms with E-state index in [1.54, 1.807) is 41.5 Å². The molecule has 5 rings (SSSR count). The first kappa shape index (κ1) is 112. The number of ether oxygens (including phenoxy) is 6. The minimum Gasteiger partial charge on any atom is -0.464 e. The lowest BCUT2D eigenvalue weighted by Gasteiger charge is -2.15. The van der Waals surface area contributed by atoms with Crippen molar-refractivity contribution >= 4 is 131 Å². The van der Waals surface area contributed by atoms with Gasteiger partial charge in [0.15, 0.2) is 11.6 Å². The molecule has 0 spiro atoms. The molecule has 0 aromatic heterocycles. The quantitative estimate of drug-likeness (QED) is 0.00964. The molecule has 122 heavy (non-hydrogen) atoms. The largest absolute Gasteiger partial charge is 0.464 e. The van der Waals surface area contributed by atoms with Crippen LogP contribution in [0.15, 0.2) is 25.3 Å². The fraction of sp³-hybridized carbons (Fsp3) is 0.675. The molecular weight excluding hydrogens is 1600 g/mol. The Bertz CT molecular complexity index is 3530. The summed E-state index contributed by atoms with van der Waals surface area (Å²) < 4.78 is 30.6. The minimum absolute atomic E-state index is 0. The predicted molar refractivity (Wildman–Crippen MR) is 435 cm³/mol. The summed E-state index contributed by atoms with van der Waals surface area (Å²) in [5, 5.41) is 12.9. The van der Waals surface area contributed by atoms with Crippen LogP contribution in [0.2, 0.25) is 0 Å². The van der Waals surface area contributed by atoms with Gasteiger partial charge in [0.1, 0.15) is 45.3 Å². The summed E-state index contributed by atoms with van der Waals surface area (Å²) in [4.78, 5) is 257. The number of nitrogens with two attached hydrogens (primary N) is 4. The summed E-state index contributed by atoms with van der Waals surface area (Å²) in [5.41, 5.74) is 22.6. The fourth-order valence-electron chi connectivity index (χ4n) is 11.3. The molecular formula is C80H128N14O28. The first-order chi connectivity index (χ1) is 57.4. The summed E-state index contributed by atoms with van der Waals surface area (Å²) >= 11 is 0. The molecule has 5 fully saturated rings. The Morgan fingerprint density at radius 1 is 0.410 bits per heavy atom. The summed E-state index contributed by atoms with van der Waals surface area (Å²) in [6.45, 7) is 20.2. The number of nitrogens with one attached hydrogen (secondary N) is 5. The van der Waals surface area contributed by atoms with Crippen LogP contribution in [0.1, 0.15) is 158 Å². The molecule has 5 heterocycles. The van der Waals surface area contributed by atoms with E-state index >= 15 is 0 Å². The number of aldehydes is 3. The van der Waals surface area contributed by atoms with E-state index in [4.69, 9.17) is 51.4 Å². The summed E-state index contributed by atoms with van der Waals surface area (Å²) in [7, 11) is 0. The first-order valence-corrected chi connectivity index (χ1v) is 40.2. The SMILES string of the molecule is C.C=CCNC(=O)C(N)CCC(=O)COCCCC(=O)CN1C(=O)CC(C)C1=O.C=CCNC(=O)C(N)CCC(=O)OCCN1C(=O)CC(C)C1=O.CC(C=O)CCC(=O)OCCN1C(=O)CC(C)C1=O.CC1CC(=O)N(CCOCCNC(=O)C(N)CCC(=O)NCCOCC=O)C1=O.CC1CC(=O)N(CCOCCNC(=O)C(N)CCC=O)C1=O. The molecule has 686 valence electrons. The van der Waals surface area contributed by atoms with Crippen molar-refractivity contribution in [3.05, 3.63) is 25.3 Å². The van der Waals surface area contributed by atoms with Gasteiger partial charge in [0.05, 0.1) is 89.9 Å². The number of Topliss-reactive ketones (excluding diaryl/α,β-unsaturated/α-hetero) is 2. The van der Waals surface area contributed by atoms with E-state index in [2.05, 4.69) is 39.7 Å². The van der Waals surface area contributed by atoms with Gasteiger partial charge in [-0.15, -0.1) is 13.2 Å². The third kappa shape index (κ3) is 45.4. The second-order valence-electron chi connectivity index (χ2n) is 29.0. The number of ketones is 2. The number of esters is 2. The van der Waals surface area contributed by atoms with Crippen molar-refractivity contribution in [1.29, 1.82) is 0 Å². The highest BCUT2D eigenvalue weighted by molar-refractivity contribution is 6.07. The van der Waals surface area contributed by atoms with Crippen molar-refractivity contribution in [3.63, 3.8) is 0 Å². The summed E-state index contributed by atoms with van der Waals surface area (Å²) in [5.74, 6) is -6.94. The van der Waals surface area contributed by atoms with Gasteiger partial charge in [-0.2, -0.15) is 0 Å². The third-order valence-corrected chi connectivity index (χ3v) is 18.5. The van der Waals surface area contributed by atoms with Gasteiger partial charge in [-0.05, 0) is 38.5 Å². The van der Waals surface area contributed by atoms with Crippen molar-refractivity contribution < 1.29 is 134 Å². The maximum absolute atomic E-state index is 11.9. The van der Waals surface area contributed by atoms with Crippen molar-refractivity contribution in [3.8, 4) is 0 Å². The number of hydrogen-bond donors (Lipinski definition) is 9. The average molecular weight is 1730 g/mol. The third-order valence-electron chi connectivity index (χ3n) is 18.5. The molecule has 10 atom stereocenters. The number of likely N-dealkylation sites (tertiary alicyclic amines) is 5. The molecule has 42 nitrogen and oxygen atoms in total. The fourth-order valence-corrected chi connectivity index (χ4v) is 11.3. The van der Waals surface area contributed by atoms with Crippen LogP contribution in [0.4, 0.5) is 0 Å². The van der Waals surface area contributed by atoms with Gasteiger partial charge < -0.3 is 92.3 Å². The van der Waals surface area contributed by atoms with Gasteiger partial charge in [-0.3, -0.25) is 116 Å². The zero-order chi connectivity index (χ0) is 91.1. The van der Waals surface area contributed by atoms with Crippen LogP contribution in [-0.2, 0) is 134 Å². The van der Waals surface area contributed by atoms with Crippen molar-refractivity contribution in [2.75, 3.05) is 132 Å². The highest BCUT2D eigenvalue weighted by atomic mass is 16.5. The van der Waals surface area contributed by atoms with Gasteiger partial charge >= 0.3 is 11.9 Å². The lowest BCUT2D eigenvalue weighted by Crippen LogP contribution is -2.42. The van der Waals surface area contributed by atoms with E-state index < -0.39 is 42.0 Å². The van der Waals surface area contributed by atoms with Crippen molar-refractivity contribution in [2.45, 2.75) is 182 Å². The van der Waals surface area contributed by atoms with E-state index in [0.717, 1.165) is 27.3 Å². The molecule has 15 amide bonds. The van der Waals surface area contributed by atoms with Gasteiger partial charge in [0, 0.05) is 145 Å². The van der Waals surface area contributed by atoms with Gasteiger partial charge in [-0.25, -0.2) is 0 Å². The Kier molecular flexibility index (Phi) is 58.0. The maximum Gasteiger partial charge on any atom is 0.305 e. The Morgan fingerprint density at radius 2 is 0.762 bits per heavy atom. The van der Waals surface area contributed by atoms with Crippen molar-refractivity contribution in [1.82, 2.24) is 51.1 Å². The van der Waals surface area contributed by atoms with Crippen LogP contribution in [0, 0.1) is 35.5 Å². The van der Waals surface area contributed by atoms with E-state index in [-0.39, 0.29) is 346 Å². The lowest BCUT2D eigenvalue weighted by molar-refractivity contribution is -0.148. The van der Waals surface area contributed by atoms with Gasteiger partial charge in [-0.1, -0.05) is 61.1 Å². The molecule has 5 saturated heterocycles. The molecule has 42 heteroatoms. The summed E-state index contributed by atoms with van der Waals surface area (Å²) in [6.07, 6.45) is 8.75. The number of hydrogen-bond acceptors (Lipinski definition) is 32. The molecule has 0 aromatic carbocycles. The first-order valence-electron chi connectivity index (χ1n) is 40.2. The van der Waals surface area contributed by atoms with Crippen LogP contribution in [0.25, 0.3) is 0 Å². The summed E-state index contributed by atoms with van der Waals surface area (Å²) in [6, 6.07) is -3.09. The lowest BCUT2D eigenvalue weighted by atomic mass is 10.1. The van der Waals surface area contributed by atoms with Crippen LogP contribution in [0.3, 0.4) is 0 Å². The van der Waals surface area contributed by atoms with E-state index in [0.29, 0.717) is 38.6 Å². The maximum atomic E-state index is 11.9. The van der Waals surface area contributed by atoms with E-state index in [1.807, 2.05) is 0 Å². The average Bonchev–Trinajstić information content (AvgIpc) is 1.75. The molecule has 0 bridgehead atoms. The van der Waals surface area contributed by atoms with Crippen LogP contribution in [-0.4, -0.2) is 311 Å². The Morgan fingerprint density at radius 3 is 1.14 bits per heavy atom. The highest BCUT2D eigenvalue weighted by Gasteiger charge is 2.40. The molecule has 13 N–H and O–H groups in total. The normalized spacial score (nSPS) is 18.3. The molecule has 0 aliphatic carbocycles.